The average Bonchev–Trinajstić information content (AvgIpc) is 3.00. The first kappa shape index (κ1) is 20.3. The Morgan fingerprint density at radius 3 is 2.80 bits per heavy atom. The number of nitrogen functional groups attached to an aromatic ring is 1. The van der Waals surface area contributed by atoms with Crippen LogP contribution in [0.2, 0.25) is 0 Å². The van der Waals surface area contributed by atoms with Crippen LogP contribution in [0.5, 0.6) is 0 Å². The van der Waals surface area contributed by atoms with Crippen LogP contribution in [0.1, 0.15) is 19.2 Å². The first-order valence-electron chi connectivity index (χ1n) is 7.65. The summed E-state index contributed by atoms with van der Waals surface area (Å²) in [5.41, 5.74) is 4.20. The van der Waals surface area contributed by atoms with E-state index in [4.69, 9.17) is 24.3 Å². The lowest BCUT2D eigenvalue weighted by Gasteiger charge is -2.18. The van der Waals surface area contributed by atoms with Crippen LogP contribution in [-0.4, -0.2) is 47.8 Å². The van der Waals surface area contributed by atoms with Gasteiger partial charge in [-0.3, -0.25) is 9.13 Å². The number of nitrogens with two attached hydrogens (primary N) is 1. The predicted octanol–water partition coefficient (Wildman–Crippen LogP) is 1.79. The van der Waals surface area contributed by atoms with E-state index in [0.717, 1.165) is 10.8 Å². The Balaban J connectivity index is 1.88. The summed E-state index contributed by atoms with van der Waals surface area (Å²) < 4.78 is 48.0. The van der Waals surface area contributed by atoms with E-state index < -0.39 is 35.7 Å². The highest BCUT2D eigenvalue weighted by Gasteiger charge is 2.31. The maximum absolute atomic E-state index is 13.5. The summed E-state index contributed by atoms with van der Waals surface area (Å²) in [5.74, 6) is -1.21. The SMILES string of the molecule is CCOP(=O)(COCC1OCC(n2cc(F)c(N)nc2=O)S1)OCC. The van der Waals surface area contributed by atoms with E-state index in [1.54, 1.807) is 13.8 Å². The third kappa shape index (κ3) is 5.50. The van der Waals surface area contributed by atoms with Crippen molar-refractivity contribution in [3.05, 3.63) is 22.5 Å². The molecule has 142 valence electrons. The van der Waals surface area contributed by atoms with Gasteiger partial charge in [0.25, 0.3) is 0 Å². The lowest BCUT2D eigenvalue weighted by Crippen LogP contribution is -2.27. The van der Waals surface area contributed by atoms with Gasteiger partial charge in [0.05, 0.1) is 26.4 Å². The number of aromatic nitrogens is 2. The van der Waals surface area contributed by atoms with E-state index in [0.29, 0.717) is 0 Å². The molecule has 25 heavy (non-hydrogen) atoms. The van der Waals surface area contributed by atoms with Crippen molar-refractivity contribution in [2.24, 2.45) is 0 Å². The van der Waals surface area contributed by atoms with E-state index in [9.17, 15) is 13.8 Å². The number of thioether (sulfide) groups is 1. The summed E-state index contributed by atoms with van der Waals surface area (Å²) in [6.07, 6.45) is 0.811. The second-order valence-corrected chi connectivity index (χ2v) is 8.30. The van der Waals surface area contributed by atoms with Gasteiger partial charge in [-0.1, -0.05) is 0 Å². The molecule has 0 radical (unpaired) electrons. The highest BCUT2D eigenvalue weighted by Crippen LogP contribution is 2.48. The van der Waals surface area contributed by atoms with Crippen molar-refractivity contribution >= 4 is 25.2 Å². The van der Waals surface area contributed by atoms with Crippen molar-refractivity contribution in [2.75, 3.05) is 38.5 Å². The quantitative estimate of drug-likeness (QED) is 0.623. The van der Waals surface area contributed by atoms with E-state index in [1.165, 1.54) is 11.8 Å². The standard InChI is InChI=1S/C13H21FN3O6PS/c1-3-22-24(19,23-4-2)8-20-7-11-21-6-10(25-11)17-5-9(14)12(15)16-13(17)18/h5,10-11H,3-4,6-8H2,1-2H3,(H2,15,16,18). The Bertz CT molecular complexity index is 680. The number of ether oxygens (including phenoxy) is 2. The number of anilines is 1. The zero-order chi connectivity index (χ0) is 18.4. The minimum Gasteiger partial charge on any atom is -0.381 e. The molecule has 0 bridgehead atoms. The lowest BCUT2D eigenvalue weighted by atomic mass is 10.5. The third-order valence-corrected chi connectivity index (χ3v) is 6.19. The molecule has 2 unspecified atom stereocenters. The molecule has 1 aromatic heterocycles. The molecule has 0 aromatic carbocycles. The van der Waals surface area contributed by atoms with Gasteiger partial charge in [-0.15, -0.1) is 11.8 Å². The first-order chi connectivity index (χ1) is 11.9. The maximum atomic E-state index is 13.5. The highest BCUT2D eigenvalue weighted by molar-refractivity contribution is 8.00. The normalized spacial score (nSPS) is 20.9. The minimum absolute atomic E-state index is 0.116. The Morgan fingerprint density at radius 1 is 1.48 bits per heavy atom. The summed E-state index contributed by atoms with van der Waals surface area (Å²) >= 11 is 1.27. The number of hydrogen-bond acceptors (Lipinski definition) is 9. The molecule has 0 aliphatic carbocycles. The number of halogens is 1. The molecule has 2 heterocycles. The molecule has 1 aromatic rings. The van der Waals surface area contributed by atoms with Crippen LogP contribution in [0.25, 0.3) is 0 Å². The molecule has 12 heteroatoms. The summed E-state index contributed by atoms with van der Waals surface area (Å²) in [4.78, 5) is 15.2. The van der Waals surface area contributed by atoms with Crippen molar-refractivity contribution in [3.63, 3.8) is 0 Å². The molecule has 1 aliphatic heterocycles. The average molecular weight is 397 g/mol. The van der Waals surface area contributed by atoms with E-state index in [1.807, 2.05) is 0 Å². The van der Waals surface area contributed by atoms with Gasteiger partial charge in [-0.2, -0.15) is 4.98 Å². The topological polar surface area (TPSA) is 115 Å². The molecule has 1 aliphatic rings. The summed E-state index contributed by atoms with van der Waals surface area (Å²) in [6, 6.07) is 0. The zero-order valence-corrected chi connectivity index (χ0v) is 15.6. The predicted molar refractivity (Wildman–Crippen MR) is 90.9 cm³/mol. The highest BCUT2D eigenvalue weighted by atomic mass is 32.2. The molecule has 1 saturated heterocycles. The van der Waals surface area contributed by atoms with Gasteiger partial charge >= 0.3 is 13.3 Å². The van der Waals surface area contributed by atoms with Gasteiger partial charge in [0.2, 0.25) is 0 Å². The van der Waals surface area contributed by atoms with Crippen LogP contribution < -0.4 is 11.4 Å². The van der Waals surface area contributed by atoms with Crippen LogP contribution in [-0.2, 0) is 23.1 Å². The second-order valence-electron chi connectivity index (χ2n) is 4.96. The van der Waals surface area contributed by atoms with E-state index >= 15 is 0 Å². The fourth-order valence-electron chi connectivity index (χ4n) is 2.11. The largest absolute Gasteiger partial charge is 0.381 e. The number of nitrogens with zero attached hydrogens (tertiary/aromatic N) is 2. The smallest absolute Gasteiger partial charge is 0.356 e. The molecule has 2 rings (SSSR count). The van der Waals surface area contributed by atoms with Gasteiger partial charge in [0.15, 0.2) is 11.6 Å². The Labute approximate surface area is 148 Å². The van der Waals surface area contributed by atoms with Gasteiger partial charge in [0, 0.05) is 6.20 Å². The van der Waals surface area contributed by atoms with Crippen molar-refractivity contribution < 1.29 is 27.5 Å². The number of rotatable bonds is 9. The Kier molecular flexibility index (Phi) is 7.41. The van der Waals surface area contributed by atoms with E-state index in [2.05, 4.69) is 4.98 Å². The maximum Gasteiger partial charge on any atom is 0.356 e. The molecule has 0 amide bonds. The Hall–Kier alpha value is -0.970. The fraction of sp³-hybridized carbons (Fsp3) is 0.692. The molecular formula is C13H21FN3O6PS. The zero-order valence-electron chi connectivity index (χ0n) is 13.9. The van der Waals surface area contributed by atoms with Crippen molar-refractivity contribution in [1.29, 1.82) is 0 Å². The summed E-state index contributed by atoms with van der Waals surface area (Å²) in [7, 11) is -3.29. The summed E-state index contributed by atoms with van der Waals surface area (Å²) in [5, 5.41) is -0.450. The monoisotopic (exact) mass is 397 g/mol. The van der Waals surface area contributed by atoms with Crippen molar-refractivity contribution in [3.8, 4) is 0 Å². The van der Waals surface area contributed by atoms with Crippen molar-refractivity contribution in [2.45, 2.75) is 24.7 Å². The number of hydrogen-bond donors (Lipinski definition) is 1. The molecule has 0 spiro atoms. The minimum atomic E-state index is -3.29. The van der Waals surface area contributed by atoms with Gasteiger partial charge in [0.1, 0.15) is 17.2 Å². The van der Waals surface area contributed by atoms with Gasteiger partial charge in [-0.05, 0) is 13.8 Å². The van der Waals surface area contributed by atoms with Gasteiger partial charge in [-0.25, -0.2) is 9.18 Å². The lowest BCUT2D eigenvalue weighted by molar-refractivity contribution is 0.0452. The van der Waals surface area contributed by atoms with Crippen LogP contribution >= 0.6 is 19.4 Å². The van der Waals surface area contributed by atoms with Crippen LogP contribution in [0.15, 0.2) is 11.0 Å². The van der Waals surface area contributed by atoms with Gasteiger partial charge < -0.3 is 24.3 Å². The summed E-state index contributed by atoms with van der Waals surface area (Å²) in [6.45, 7) is 4.21. The molecule has 2 N–H and O–H groups in total. The molecular weight excluding hydrogens is 376 g/mol. The van der Waals surface area contributed by atoms with Crippen LogP contribution in [0, 0.1) is 5.82 Å². The fourth-order valence-corrected chi connectivity index (χ4v) is 4.57. The van der Waals surface area contributed by atoms with E-state index in [-0.39, 0.29) is 32.8 Å². The first-order valence-corrected chi connectivity index (χ1v) is 10.3. The van der Waals surface area contributed by atoms with Crippen molar-refractivity contribution in [1.82, 2.24) is 9.55 Å². The third-order valence-electron chi connectivity index (χ3n) is 3.13. The molecule has 2 atom stereocenters. The van der Waals surface area contributed by atoms with Crippen LogP contribution in [0.4, 0.5) is 10.2 Å². The molecule has 9 nitrogen and oxygen atoms in total. The second kappa shape index (κ2) is 9.11. The molecule has 1 fully saturated rings. The Morgan fingerprint density at radius 2 is 2.16 bits per heavy atom. The molecule has 0 saturated carbocycles. The van der Waals surface area contributed by atoms with Crippen LogP contribution in [0.3, 0.4) is 0 Å².